The predicted octanol–water partition coefficient (Wildman–Crippen LogP) is 2.49. The number of fused-ring (bicyclic) bond motifs is 1. The molecule has 0 spiro atoms. The SMILES string of the molecule is CCCC(=O)NC(=S)Nc1nc2cc(N)ccc2s1. The van der Waals surface area contributed by atoms with E-state index in [1.54, 1.807) is 6.07 Å². The maximum atomic E-state index is 11.4. The van der Waals surface area contributed by atoms with Gasteiger partial charge in [-0.1, -0.05) is 18.3 Å². The highest BCUT2D eigenvalue weighted by molar-refractivity contribution is 7.80. The second-order valence-electron chi connectivity index (χ2n) is 4.00. The minimum Gasteiger partial charge on any atom is -0.399 e. The summed E-state index contributed by atoms with van der Waals surface area (Å²) in [6.07, 6.45) is 1.24. The van der Waals surface area contributed by atoms with Gasteiger partial charge < -0.3 is 16.4 Å². The average molecular weight is 294 g/mol. The Hall–Kier alpha value is -1.73. The van der Waals surface area contributed by atoms with Crippen LogP contribution in [0.2, 0.25) is 0 Å². The summed E-state index contributed by atoms with van der Waals surface area (Å²) in [4.78, 5) is 15.7. The fraction of sp³-hybridized carbons (Fsp3) is 0.250. The van der Waals surface area contributed by atoms with Gasteiger partial charge in [0, 0.05) is 12.1 Å². The van der Waals surface area contributed by atoms with E-state index in [2.05, 4.69) is 15.6 Å². The van der Waals surface area contributed by atoms with Gasteiger partial charge in [-0.25, -0.2) is 4.98 Å². The van der Waals surface area contributed by atoms with E-state index in [0.29, 0.717) is 17.2 Å². The quantitative estimate of drug-likeness (QED) is 0.598. The fourth-order valence-electron chi connectivity index (χ4n) is 1.54. The number of aromatic nitrogens is 1. The van der Waals surface area contributed by atoms with E-state index in [-0.39, 0.29) is 11.0 Å². The average Bonchev–Trinajstić information content (AvgIpc) is 2.70. The molecule has 1 aromatic heterocycles. The molecule has 0 radical (unpaired) electrons. The zero-order valence-corrected chi connectivity index (χ0v) is 12.0. The van der Waals surface area contributed by atoms with Crippen molar-refractivity contribution in [2.24, 2.45) is 0 Å². The Bertz CT molecular complexity index is 623. The molecule has 1 heterocycles. The van der Waals surface area contributed by atoms with Gasteiger partial charge in [0.1, 0.15) is 0 Å². The molecule has 0 saturated carbocycles. The molecule has 0 bridgehead atoms. The van der Waals surface area contributed by atoms with E-state index < -0.39 is 0 Å². The van der Waals surface area contributed by atoms with E-state index in [4.69, 9.17) is 18.0 Å². The van der Waals surface area contributed by atoms with E-state index in [0.717, 1.165) is 16.6 Å². The van der Waals surface area contributed by atoms with Crippen LogP contribution in [0.15, 0.2) is 18.2 Å². The minimum absolute atomic E-state index is 0.0923. The molecular formula is C12H14N4OS2. The van der Waals surface area contributed by atoms with Gasteiger partial charge in [-0.2, -0.15) is 0 Å². The smallest absolute Gasteiger partial charge is 0.226 e. The van der Waals surface area contributed by atoms with Crippen LogP contribution in [-0.4, -0.2) is 16.0 Å². The maximum Gasteiger partial charge on any atom is 0.226 e. The maximum absolute atomic E-state index is 11.4. The molecule has 0 atom stereocenters. The van der Waals surface area contributed by atoms with Gasteiger partial charge in [-0.05, 0) is 36.8 Å². The number of carbonyl (C=O) groups is 1. The Morgan fingerprint density at radius 2 is 2.32 bits per heavy atom. The number of hydrogen-bond acceptors (Lipinski definition) is 5. The van der Waals surface area contributed by atoms with Crippen molar-refractivity contribution < 1.29 is 4.79 Å². The van der Waals surface area contributed by atoms with Crippen LogP contribution in [-0.2, 0) is 4.79 Å². The number of rotatable bonds is 3. The predicted molar refractivity (Wildman–Crippen MR) is 83.3 cm³/mol. The molecular weight excluding hydrogens is 280 g/mol. The number of amides is 1. The lowest BCUT2D eigenvalue weighted by molar-refractivity contribution is -0.119. The van der Waals surface area contributed by atoms with Crippen molar-refractivity contribution in [2.45, 2.75) is 19.8 Å². The zero-order valence-electron chi connectivity index (χ0n) is 10.4. The van der Waals surface area contributed by atoms with Crippen LogP contribution in [0, 0.1) is 0 Å². The molecule has 0 aliphatic carbocycles. The number of carbonyl (C=O) groups excluding carboxylic acids is 1. The number of benzene rings is 1. The molecule has 1 aromatic carbocycles. The minimum atomic E-state index is -0.0923. The van der Waals surface area contributed by atoms with Gasteiger partial charge in [0.05, 0.1) is 10.2 Å². The molecule has 100 valence electrons. The van der Waals surface area contributed by atoms with Crippen LogP contribution < -0.4 is 16.4 Å². The second-order valence-corrected chi connectivity index (χ2v) is 5.44. The summed E-state index contributed by atoms with van der Waals surface area (Å²) in [5.41, 5.74) is 7.18. The van der Waals surface area contributed by atoms with Gasteiger partial charge in [0.15, 0.2) is 10.2 Å². The number of hydrogen-bond donors (Lipinski definition) is 3. The van der Waals surface area contributed by atoms with E-state index in [9.17, 15) is 4.79 Å². The zero-order chi connectivity index (χ0) is 13.8. The first kappa shape index (κ1) is 13.7. The van der Waals surface area contributed by atoms with Gasteiger partial charge >= 0.3 is 0 Å². The molecule has 4 N–H and O–H groups in total. The highest BCUT2D eigenvalue weighted by Gasteiger charge is 2.07. The summed E-state index contributed by atoms with van der Waals surface area (Å²) in [6, 6.07) is 5.54. The van der Waals surface area contributed by atoms with Crippen molar-refractivity contribution in [1.82, 2.24) is 10.3 Å². The number of anilines is 2. The first-order valence-electron chi connectivity index (χ1n) is 5.85. The Morgan fingerprint density at radius 3 is 3.05 bits per heavy atom. The lowest BCUT2D eigenvalue weighted by atomic mass is 10.3. The van der Waals surface area contributed by atoms with Gasteiger partial charge in [-0.3, -0.25) is 4.79 Å². The molecule has 0 unspecified atom stereocenters. The molecule has 1 amide bonds. The molecule has 0 aliphatic rings. The van der Waals surface area contributed by atoms with Crippen LogP contribution in [0.4, 0.5) is 10.8 Å². The van der Waals surface area contributed by atoms with Crippen molar-refractivity contribution in [1.29, 1.82) is 0 Å². The molecule has 5 nitrogen and oxygen atoms in total. The first-order valence-corrected chi connectivity index (χ1v) is 7.08. The molecule has 2 rings (SSSR count). The largest absolute Gasteiger partial charge is 0.399 e. The topological polar surface area (TPSA) is 80.0 Å². The molecule has 0 aliphatic heterocycles. The molecule has 0 saturated heterocycles. The van der Waals surface area contributed by atoms with Crippen molar-refractivity contribution in [3.05, 3.63) is 18.2 Å². The van der Waals surface area contributed by atoms with Crippen molar-refractivity contribution in [3.63, 3.8) is 0 Å². The van der Waals surface area contributed by atoms with Crippen LogP contribution in [0.25, 0.3) is 10.2 Å². The van der Waals surface area contributed by atoms with Crippen LogP contribution in [0.3, 0.4) is 0 Å². The molecule has 19 heavy (non-hydrogen) atoms. The third-order valence-electron chi connectivity index (χ3n) is 2.36. The fourth-order valence-corrected chi connectivity index (χ4v) is 2.67. The number of thiocarbonyl (C=S) groups is 1. The Balaban J connectivity index is 2.05. The molecule has 0 fully saturated rings. The Kier molecular flexibility index (Phi) is 4.28. The number of nitrogens with two attached hydrogens (primary N) is 1. The standard InChI is InChI=1S/C12H14N4OS2/c1-2-3-10(17)15-11(18)16-12-14-8-6-7(13)4-5-9(8)19-12/h4-6H,2-3,13H2,1H3,(H2,14,15,16,17,18). The third-order valence-corrected chi connectivity index (χ3v) is 3.52. The normalized spacial score (nSPS) is 10.4. The number of thiazole rings is 1. The van der Waals surface area contributed by atoms with E-state index in [1.807, 2.05) is 19.1 Å². The Morgan fingerprint density at radius 1 is 1.53 bits per heavy atom. The van der Waals surface area contributed by atoms with Gasteiger partial charge in [0.25, 0.3) is 0 Å². The van der Waals surface area contributed by atoms with Crippen molar-refractivity contribution in [2.75, 3.05) is 11.1 Å². The highest BCUT2D eigenvalue weighted by Crippen LogP contribution is 2.27. The lowest BCUT2D eigenvalue weighted by Gasteiger charge is -2.05. The summed E-state index contributed by atoms with van der Waals surface area (Å²) < 4.78 is 1.01. The van der Waals surface area contributed by atoms with Crippen molar-refractivity contribution >= 4 is 55.6 Å². The van der Waals surface area contributed by atoms with Crippen LogP contribution in [0.5, 0.6) is 0 Å². The number of nitrogens with one attached hydrogen (secondary N) is 2. The van der Waals surface area contributed by atoms with Gasteiger partial charge in [0.2, 0.25) is 5.91 Å². The number of nitrogens with zero attached hydrogens (tertiary/aromatic N) is 1. The van der Waals surface area contributed by atoms with Crippen LogP contribution in [0.1, 0.15) is 19.8 Å². The number of nitrogen functional groups attached to an aromatic ring is 1. The monoisotopic (exact) mass is 294 g/mol. The molecule has 7 heteroatoms. The highest BCUT2D eigenvalue weighted by atomic mass is 32.1. The van der Waals surface area contributed by atoms with Crippen molar-refractivity contribution in [3.8, 4) is 0 Å². The summed E-state index contributed by atoms with van der Waals surface area (Å²) >= 11 is 6.51. The lowest BCUT2D eigenvalue weighted by Crippen LogP contribution is -2.33. The Labute approximate surface area is 120 Å². The first-order chi connectivity index (χ1) is 9.08. The summed E-state index contributed by atoms with van der Waals surface area (Å²) in [5.74, 6) is -0.0923. The van der Waals surface area contributed by atoms with E-state index >= 15 is 0 Å². The molecule has 2 aromatic rings. The van der Waals surface area contributed by atoms with E-state index in [1.165, 1.54) is 11.3 Å². The summed E-state index contributed by atoms with van der Waals surface area (Å²) in [5, 5.41) is 6.42. The second kappa shape index (κ2) is 5.94. The summed E-state index contributed by atoms with van der Waals surface area (Å²) in [6.45, 7) is 1.94. The third kappa shape index (κ3) is 3.62. The summed E-state index contributed by atoms with van der Waals surface area (Å²) in [7, 11) is 0. The van der Waals surface area contributed by atoms with Crippen LogP contribution >= 0.6 is 23.6 Å². The van der Waals surface area contributed by atoms with Gasteiger partial charge in [-0.15, -0.1) is 0 Å².